The Morgan fingerprint density at radius 3 is 2.00 bits per heavy atom. The summed E-state index contributed by atoms with van der Waals surface area (Å²) in [6, 6.07) is 6.86. The first kappa shape index (κ1) is 12.0. The predicted octanol–water partition coefficient (Wildman–Crippen LogP) is 4.21. The van der Waals surface area contributed by atoms with Gasteiger partial charge < -0.3 is 10.2 Å². The minimum Gasteiger partial charge on any atom is -0.505 e. The molecule has 88 valence electrons. The first-order chi connectivity index (χ1) is 7.99. The van der Waals surface area contributed by atoms with Crippen molar-refractivity contribution in [3.05, 3.63) is 46.2 Å². The van der Waals surface area contributed by atoms with Gasteiger partial charge in [-0.15, -0.1) is 0 Å². The van der Waals surface area contributed by atoms with Crippen LogP contribution in [0.2, 0.25) is 10.0 Å². The molecule has 0 saturated carbocycles. The normalized spacial score (nSPS) is 10.5. The number of rotatable bonds is 1. The van der Waals surface area contributed by atoms with E-state index in [2.05, 4.69) is 0 Å². The van der Waals surface area contributed by atoms with Gasteiger partial charge in [-0.25, -0.2) is 4.39 Å². The fourth-order valence-corrected chi connectivity index (χ4v) is 1.91. The summed E-state index contributed by atoms with van der Waals surface area (Å²) in [4.78, 5) is 0. The number of phenolic OH excluding ortho intramolecular Hbond substituents is 2. The van der Waals surface area contributed by atoms with E-state index in [9.17, 15) is 9.50 Å². The average Bonchev–Trinajstić information content (AvgIpc) is 2.29. The van der Waals surface area contributed by atoms with Crippen molar-refractivity contribution in [1.29, 1.82) is 0 Å². The maximum atomic E-state index is 13.2. The zero-order valence-corrected chi connectivity index (χ0v) is 9.93. The van der Waals surface area contributed by atoms with E-state index in [-0.39, 0.29) is 15.8 Å². The molecule has 2 N–H and O–H groups in total. The molecule has 0 saturated heterocycles. The number of phenols is 2. The van der Waals surface area contributed by atoms with Crippen LogP contribution in [0.15, 0.2) is 30.3 Å². The molecular weight excluding hydrogens is 266 g/mol. The minimum atomic E-state index is -0.734. The van der Waals surface area contributed by atoms with Crippen LogP contribution in [0.5, 0.6) is 11.5 Å². The predicted molar refractivity (Wildman–Crippen MR) is 65.2 cm³/mol. The summed E-state index contributed by atoms with van der Waals surface area (Å²) in [5, 5.41) is 18.6. The molecule has 0 spiro atoms. The van der Waals surface area contributed by atoms with E-state index in [1.807, 2.05) is 0 Å². The molecule has 2 nitrogen and oxygen atoms in total. The lowest BCUT2D eigenvalue weighted by molar-refractivity contribution is 0.432. The first-order valence-electron chi connectivity index (χ1n) is 4.66. The Kier molecular flexibility index (Phi) is 3.13. The van der Waals surface area contributed by atoms with Crippen LogP contribution in [-0.4, -0.2) is 10.2 Å². The van der Waals surface area contributed by atoms with Gasteiger partial charge in [0.25, 0.3) is 0 Å². The van der Waals surface area contributed by atoms with Gasteiger partial charge in [0.05, 0.1) is 10.0 Å². The standard InChI is InChI=1S/C12H7Cl2FO2/c13-8-3-7(4-9(14)12(8)17)6-1-2-11(16)10(15)5-6/h1-5,16-17H. The Labute approximate surface area is 107 Å². The number of halogens is 3. The van der Waals surface area contributed by atoms with Gasteiger partial charge in [-0.2, -0.15) is 0 Å². The highest BCUT2D eigenvalue weighted by atomic mass is 35.5. The molecule has 0 atom stereocenters. The van der Waals surface area contributed by atoms with Gasteiger partial charge in [0.2, 0.25) is 0 Å². The van der Waals surface area contributed by atoms with Crippen molar-refractivity contribution in [1.82, 2.24) is 0 Å². The first-order valence-corrected chi connectivity index (χ1v) is 5.41. The Morgan fingerprint density at radius 2 is 1.47 bits per heavy atom. The van der Waals surface area contributed by atoms with Crippen molar-refractivity contribution >= 4 is 23.2 Å². The van der Waals surface area contributed by atoms with Gasteiger partial charge in [0, 0.05) is 0 Å². The van der Waals surface area contributed by atoms with Gasteiger partial charge in [0.15, 0.2) is 17.3 Å². The summed E-state index contributed by atoms with van der Waals surface area (Å²) in [6.07, 6.45) is 0. The van der Waals surface area contributed by atoms with Crippen LogP contribution in [0, 0.1) is 5.82 Å². The van der Waals surface area contributed by atoms with E-state index in [1.165, 1.54) is 24.3 Å². The smallest absolute Gasteiger partial charge is 0.165 e. The molecule has 0 aliphatic heterocycles. The van der Waals surface area contributed by atoms with Gasteiger partial charge >= 0.3 is 0 Å². The zero-order valence-electron chi connectivity index (χ0n) is 8.42. The van der Waals surface area contributed by atoms with E-state index in [0.29, 0.717) is 11.1 Å². The van der Waals surface area contributed by atoms with Crippen molar-refractivity contribution in [2.24, 2.45) is 0 Å². The van der Waals surface area contributed by atoms with E-state index >= 15 is 0 Å². The second kappa shape index (κ2) is 4.43. The molecule has 0 unspecified atom stereocenters. The topological polar surface area (TPSA) is 40.5 Å². The molecule has 2 aromatic rings. The summed E-state index contributed by atoms with van der Waals surface area (Å²) in [6.45, 7) is 0. The summed E-state index contributed by atoms with van der Waals surface area (Å²) < 4.78 is 13.2. The second-order valence-electron chi connectivity index (χ2n) is 3.45. The van der Waals surface area contributed by atoms with Crippen LogP contribution >= 0.6 is 23.2 Å². The molecule has 2 rings (SSSR count). The monoisotopic (exact) mass is 272 g/mol. The third-order valence-corrected chi connectivity index (χ3v) is 2.87. The fraction of sp³-hybridized carbons (Fsp3) is 0. The van der Waals surface area contributed by atoms with Gasteiger partial charge in [-0.3, -0.25) is 0 Å². The van der Waals surface area contributed by atoms with E-state index in [4.69, 9.17) is 28.3 Å². The molecule has 5 heteroatoms. The molecule has 0 aliphatic rings. The lowest BCUT2D eigenvalue weighted by Gasteiger charge is -2.06. The molecule has 2 aromatic carbocycles. The van der Waals surface area contributed by atoms with Gasteiger partial charge in [-0.1, -0.05) is 29.3 Å². The molecule has 0 amide bonds. The van der Waals surface area contributed by atoms with Crippen molar-refractivity contribution < 1.29 is 14.6 Å². The Balaban J connectivity index is 2.57. The molecule has 0 fully saturated rings. The lowest BCUT2D eigenvalue weighted by Crippen LogP contribution is -1.82. The molecule has 0 aliphatic carbocycles. The third kappa shape index (κ3) is 2.30. The van der Waals surface area contributed by atoms with E-state index < -0.39 is 11.6 Å². The average molecular weight is 273 g/mol. The third-order valence-electron chi connectivity index (χ3n) is 2.30. The highest BCUT2D eigenvalue weighted by Gasteiger charge is 2.09. The van der Waals surface area contributed by atoms with E-state index in [0.717, 1.165) is 6.07 Å². The molecule has 17 heavy (non-hydrogen) atoms. The fourth-order valence-electron chi connectivity index (χ4n) is 1.42. The lowest BCUT2D eigenvalue weighted by atomic mass is 10.1. The Morgan fingerprint density at radius 1 is 0.882 bits per heavy atom. The van der Waals surface area contributed by atoms with Crippen molar-refractivity contribution in [3.8, 4) is 22.6 Å². The second-order valence-corrected chi connectivity index (χ2v) is 4.27. The maximum Gasteiger partial charge on any atom is 0.165 e. The van der Waals surface area contributed by atoms with Crippen LogP contribution in [0.1, 0.15) is 0 Å². The Bertz CT molecular complexity index is 562. The number of hydrogen-bond acceptors (Lipinski definition) is 2. The van der Waals surface area contributed by atoms with Crippen LogP contribution in [0.3, 0.4) is 0 Å². The number of hydrogen-bond donors (Lipinski definition) is 2. The number of aromatic hydroxyl groups is 2. The minimum absolute atomic E-state index is 0.0842. The van der Waals surface area contributed by atoms with Crippen LogP contribution in [-0.2, 0) is 0 Å². The summed E-state index contributed by atoms with van der Waals surface area (Å²) >= 11 is 11.5. The van der Waals surface area contributed by atoms with Crippen LogP contribution < -0.4 is 0 Å². The van der Waals surface area contributed by atoms with E-state index in [1.54, 1.807) is 0 Å². The highest BCUT2D eigenvalue weighted by Crippen LogP contribution is 2.37. The van der Waals surface area contributed by atoms with Crippen molar-refractivity contribution in [3.63, 3.8) is 0 Å². The quantitative estimate of drug-likeness (QED) is 0.817. The van der Waals surface area contributed by atoms with Crippen LogP contribution in [0.4, 0.5) is 4.39 Å². The molecule has 0 aromatic heterocycles. The van der Waals surface area contributed by atoms with Crippen molar-refractivity contribution in [2.75, 3.05) is 0 Å². The summed E-state index contributed by atoms with van der Waals surface area (Å²) in [5.41, 5.74) is 1.06. The molecule has 0 bridgehead atoms. The zero-order chi connectivity index (χ0) is 12.6. The van der Waals surface area contributed by atoms with Crippen LogP contribution in [0.25, 0.3) is 11.1 Å². The summed E-state index contributed by atoms with van der Waals surface area (Å²) in [7, 11) is 0. The SMILES string of the molecule is Oc1ccc(-c2cc(Cl)c(O)c(Cl)c2)cc1F. The molecular formula is C12H7Cl2FO2. The largest absolute Gasteiger partial charge is 0.505 e. The summed E-state index contributed by atoms with van der Waals surface area (Å²) in [5.74, 6) is -1.37. The Hall–Kier alpha value is -1.45. The molecule has 0 radical (unpaired) electrons. The number of benzene rings is 2. The van der Waals surface area contributed by atoms with Gasteiger partial charge in [-0.05, 0) is 35.4 Å². The van der Waals surface area contributed by atoms with Crippen molar-refractivity contribution in [2.45, 2.75) is 0 Å². The maximum absolute atomic E-state index is 13.2. The van der Waals surface area contributed by atoms with Gasteiger partial charge in [0.1, 0.15) is 0 Å². The highest BCUT2D eigenvalue weighted by molar-refractivity contribution is 6.37. The molecule has 0 heterocycles.